The molecule has 1 aromatic heterocycles. The van der Waals surface area contributed by atoms with E-state index in [1.54, 1.807) is 6.07 Å². The number of carboxylic acids is 1. The minimum Gasteiger partial charge on any atom is -0.478 e. The molecule has 3 aromatic rings. The van der Waals surface area contributed by atoms with Crippen LogP contribution in [0.25, 0.3) is 11.0 Å². The molecule has 0 amide bonds. The Morgan fingerprint density at radius 3 is 2.48 bits per heavy atom. The third-order valence-corrected chi connectivity index (χ3v) is 5.43. The van der Waals surface area contributed by atoms with E-state index in [9.17, 15) is 9.90 Å². The highest BCUT2D eigenvalue weighted by molar-refractivity contribution is 6.36. The number of halogens is 2. The molecule has 0 radical (unpaired) electrons. The van der Waals surface area contributed by atoms with Crippen LogP contribution in [0, 0.1) is 6.92 Å². The molecule has 2 heterocycles. The van der Waals surface area contributed by atoms with Gasteiger partial charge in [-0.3, -0.25) is 0 Å². The number of carbonyl (C=O) groups is 1. The van der Waals surface area contributed by atoms with Crippen LogP contribution in [-0.2, 0) is 0 Å². The standard InChI is InChI=1S/C19H17Cl2N3O3/c1-11-9-12(19(25)26)10-14(21)17(11)23-5-7-24(8-6-23)18-16-13(20)3-2-4-15(16)27-22-18/h2-4,9-10H,5-8H2,1H3,(H,25,26). The van der Waals surface area contributed by atoms with Gasteiger partial charge < -0.3 is 19.4 Å². The lowest BCUT2D eigenvalue weighted by molar-refractivity contribution is 0.0697. The average Bonchev–Trinajstić information content (AvgIpc) is 3.07. The summed E-state index contributed by atoms with van der Waals surface area (Å²) in [6.07, 6.45) is 0. The van der Waals surface area contributed by atoms with Crippen molar-refractivity contribution in [2.75, 3.05) is 36.0 Å². The molecule has 0 bridgehead atoms. The molecule has 0 spiro atoms. The molecule has 0 atom stereocenters. The predicted octanol–water partition coefficient (Wildman–Crippen LogP) is 4.47. The number of fused-ring (bicyclic) bond motifs is 1. The molecule has 0 aliphatic carbocycles. The van der Waals surface area contributed by atoms with E-state index in [0.717, 1.165) is 48.6 Å². The Morgan fingerprint density at radius 2 is 1.81 bits per heavy atom. The maximum absolute atomic E-state index is 11.2. The van der Waals surface area contributed by atoms with Crippen LogP contribution in [-0.4, -0.2) is 42.4 Å². The van der Waals surface area contributed by atoms with Crippen molar-refractivity contribution in [3.05, 3.63) is 51.5 Å². The molecule has 8 heteroatoms. The number of aromatic nitrogens is 1. The monoisotopic (exact) mass is 405 g/mol. The zero-order valence-corrected chi connectivity index (χ0v) is 16.1. The van der Waals surface area contributed by atoms with Gasteiger partial charge in [-0.05, 0) is 36.8 Å². The van der Waals surface area contributed by atoms with Crippen LogP contribution in [0.4, 0.5) is 11.5 Å². The third kappa shape index (κ3) is 3.19. The van der Waals surface area contributed by atoms with E-state index in [1.165, 1.54) is 6.07 Å². The van der Waals surface area contributed by atoms with Gasteiger partial charge in [0.1, 0.15) is 0 Å². The Balaban J connectivity index is 1.57. The quantitative estimate of drug-likeness (QED) is 0.692. The molecule has 0 saturated carbocycles. The van der Waals surface area contributed by atoms with Crippen LogP contribution < -0.4 is 9.80 Å². The Labute approximate surface area is 165 Å². The van der Waals surface area contributed by atoms with Gasteiger partial charge in [0.05, 0.1) is 26.7 Å². The van der Waals surface area contributed by atoms with Crippen molar-refractivity contribution < 1.29 is 14.4 Å². The number of nitrogens with zero attached hydrogens (tertiary/aromatic N) is 3. The SMILES string of the molecule is Cc1cc(C(=O)O)cc(Cl)c1N1CCN(c2noc3cccc(Cl)c23)CC1. The van der Waals surface area contributed by atoms with E-state index < -0.39 is 5.97 Å². The van der Waals surface area contributed by atoms with Crippen molar-refractivity contribution in [2.24, 2.45) is 0 Å². The molecule has 27 heavy (non-hydrogen) atoms. The van der Waals surface area contributed by atoms with Gasteiger partial charge in [-0.2, -0.15) is 0 Å². The molecule has 1 N–H and O–H groups in total. The summed E-state index contributed by atoms with van der Waals surface area (Å²) in [6.45, 7) is 4.79. The van der Waals surface area contributed by atoms with Crippen molar-refractivity contribution in [2.45, 2.75) is 6.92 Å². The van der Waals surface area contributed by atoms with Gasteiger partial charge in [-0.1, -0.05) is 34.4 Å². The number of carboxylic acid groups (broad SMARTS) is 1. The molecule has 1 saturated heterocycles. The second-order valence-corrected chi connectivity index (χ2v) is 7.34. The van der Waals surface area contributed by atoms with Crippen molar-refractivity contribution in [3.63, 3.8) is 0 Å². The lowest BCUT2D eigenvalue weighted by Gasteiger charge is -2.37. The lowest BCUT2D eigenvalue weighted by Crippen LogP contribution is -2.47. The second kappa shape index (κ2) is 6.94. The van der Waals surface area contributed by atoms with Crippen molar-refractivity contribution in [3.8, 4) is 0 Å². The molecule has 140 valence electrons. The summed E-state index contributed by atoms with van der Waals surface area (Å²) in [5, 5.41) is 15.3. The first-order valence-corrected chi connectivity index (χ1v) is 9.28. The summed E-state index contributed by atoms with van der Waals surface area (Å²) in [6, 6.07) is 8.67. The van der Waals surface area contributed by atoms with E-state index in [4.69, 9.17) is 27.7 Å². The Kier molecular flexibility index (Phi) is 4.61. The van der Waals surface area contributed by atoms with Crippen LogP contribution >= 0.6 is 23.2 Å². The maximum Gasteiger partial charge on any atom is 0.335 e. The van der Waals surface area contributed by atoms with Crippen LogP contribution in [0.1, 0.15) is 15.9 Å². The molecule has 1 aliphatic rings. The number of rotatable bonds is 3. The van der Waals surface area contributed by atoms with Crippen LogP contribution in [0.5, 0.6) is 0 Å². The first-order chi connectivity index (χ1) is 13.0. The summed E-state index contributed by atoms with van der Waals surface area (Å²) < 4.78 is 5.40. The van der Waals surface area contributed by atoms with Crippen LogP contribution in [0.3, 0.4) is 0 Å². The van der Waals surface area contributed by atoms with E-state index >= 15 is 0 Å². The number of aryl methyl sites for hydroxylation is 1. The fourth-order valence-electron chi connectivity index (χ4n) is 3.55. The van der Waals surface area contributed by atoms with Crippen molar-refractivity contribution in [1.29, 1.82) is 0 Å². The normalized spacial score (nSPS) is 14.8. The topological polar surface area (TPSA) is 69.8 Å². The zero-order chi connectivity index (χ0) is 19.1. The Bertz CT molecular complexity index is 1000. The molecular formula is C19H17Cl2N3O3. The minimum absolute atomic E-state index is 0.198. The fourth-order valence-corrected chi connectivity index (χ4v) is 4.19. The van der Waals surface area contributed by atoms with E-state index in [2.05, 4.69) is 15.0 Å². The third-order valence-electron chi connectivity index (χ3n) is 4.83. The number of benzene rings is 2. The number of anilines is 2. The summed E-state index contributed by atoms with van der Waals surface area (Å²) in [5.41, 5.74) is 2.60. The molecule has 1 aliphatic heterocycles. The smallest absolute Gasteiger partial charge is 0.335 e. The molecular weight excluding hydrogens is 389 g/mol. The summed E-state index contributed by atoms with van der Waals surface area (Å²) in [5.74, 6) is -0.231. The minimum atomic E-state index is -0.980. The first-order valence-electron chi connectivity index (χ1n) is 8.53. The van der Waals surface area contributed by atoms with Crippen LogP contribution in [0.15, 0.2) is 34.9 Å². The van der Waals surface area contributed by atoms with Crippen molar-refractivity contribution in [1.82, 2.24) is 5.16 Å². The number of aromatic carboxylic acids is 1. The van der Waals surface area contributed by atoms with Gasteiger partial charge >= 0.3 is 5.97 Å². The van der Waals surface area contributed by atoms with Gasteiger partial charge in [0.25, 0.3) is 0 Å². The largest absolute Gasteiger partial charge is 0.478 e. The highest BCUT2D eigenvalue weighted by atomic mass is 35.5. The van der Waals surface area contributed by atoms with Gasteiger partial charge in [0, 0.05) is 26.2 Å². The molecule has 1 fully saturated rings. The first kappa shape index (κ1) is 17.9. The van der Waals surface area contributed by atoms with Gasteiger partial charge in [0.15, 0.2) is 11.4 Å². The zero-order valence-electron chi connectivity index (χ0n) is 14.6. The maximum atomic E-state index is 11.2. The van der Waals surface area contributed by atoms with Gasteiger partial charge in [0.2, 0.25) is 0 Å². The highest BCUT2D eigenvalue weighted by Crippen LogP contribution is 2.35. The molecule has 6 nitrogen and oxygen atoms in total. The number of hydrogen-bond acceptors (Lipinski definition) is 5. The summed E-state index contributed by atoms with van der Waals surface area (Å²) in [7, 11) is 0. The van der Waals surface area contributed by atoms with Crippen molar-refractivity contribution >= 4 is 51.6 Å². The molecule has 0 unspecified atom stereocenters. The van der Waals surface area contributed by atoms with E-state index in [1.807, 2.05) is 25.1 Å². The number of piperazine rings is 1. The van der Waals surface area contributed by atoms with E-state index in [0.29, 0.717) is 15.6 Å². The predicted molar refractivity (Wildman–Crippen MR) is 107 cm³/mol. The lowest BCUT2D eigenvalue weighted by atomic mass is 10.1. The Morgan fingerprint density at radius 1 is 1.11 bits per heavy atom. The fraction of sp³-hybridized carbons (Fsp3) is 0.263. The summed E-state index contributed by atoms with van der Waals surface area (Å²) in [4.78, 5) is 15.5. The average molecular weight is 406 g/mol. The van der Waals surface area contributed by atoms with Crippen LogP contribution in [0.2, 0.25) is 10.0 Å². The second-order valence-electron chi connectivity index (χ2n) is 6.52. The van der Waals surface area contributed by atoms with E-state index in [-0.39, 0.29) is 5.56 Å². The molecule has 4 rings (SSSR count). The van der Waals surface area contributed by atoms with Gasteiger partial charge in [-0.15, -0.1) is 0 Å². The summed E-state index contributed by atoms with van der Waals surface area (Å²) >= 11 is 12.7. The molecule has 2 aromatic carbocycles. The highest BCUT2D eigenvalue weighted by Gasteiger charge is 2.25. The van der Waals surface area contributed by atoms with Gasteiger partial charge in [-0.25, -0.2) is 4.79 Å². The number of hydrogen-bond donors (Lipinski definition) is 1. The Hall–Kier alpha value is -2.44.